The minimum atomic E-state index is -0.347. The molecule has 0 N–H and O–H groups in total. The van der Waals surface area contributed by atoms with Crippen molar-refractivity contribution in [3.05, 3.63) is 71.3 Å². The third kappa shape index (κ3) is 9.68. The Morgan fingerprint density at radius 3 is 1.26 bits per heavy atom. The second-order valence-corrected chi connectivity index (χ2v) is 5.35. The first-order chi connectivity index (χ1) is 12.5. The molecule has 0 aromatic heterocycles. The van der Waals surface area contributed by atoms with Crippen LogP contribution in [0.4, 0.5) is 0 Å². The van der Waals surface area contributed by atoms with Gasteiger partial charge in [-0.15, -0.1) is 11.5 Å². The minimum Gasteiger partial charge on any atom is -0.875 e. The van der Waals surface area contributed by atoms with Crippen LogP contribution in [0.25, 0.3) is 0 Å². The van der Waals surface area contributed by atoms with Crippen molar-refractivity contribution in [3.8, 4) is 0 Å². The van der Waals surface area contributed by atoms with Gasteiger partial charge < -0.3 is 19.7 Å². The number of carbonyl (C=O) groups is 2. The normalized spacial score (nSPS) is 13.0. The van der Waals surface area contributed by atoms with E-state index >= 15 is 0 Å². The first kappa shape index (κ1) is 24.5. The molecule has 0 saturated heterocycles. The van der Waals surface area contributed by atoms with Crippen LogP contribution >= 0.6 is 0 Å². The fourth-order valence-corrected chi connectivity index (χ4v) is 2.04. The molecule has 2 rings (SSSR count). The summed E-state index contributed by atoms with van der Waals surface area (Å²) in [6.45, 7) is 0. The molecule has 0 atom stereocenters. The van der Waals surface area contributed by atoms with Crippen molar-refractivity contribution in [1.29, 1.82) is 0 Å². The molecule has 0 aromatic carbocycles. The molecule has 7 heteroatoms. The smallest absolute Gasteiger partial charge is 0.875 e. The second kappa shape index (κ2) is 13.7. The Kier molecular flexibility index (Phi) is 12.4. The standard InChI is InChI=1S/2C10H12O3.Fe/c2*1-13-10(12)7-6-9(11)8-4-2-3-5-8;/h2*2-5,11H,6-7H2,1H3;/q;;+2/p-2. The number of ether oxygens (including phenoxy) is 2. The number of rotatable bonds is 6. The topological polar surface area (TPSA) is 98.7 Å². The third-order valence-corrected chi connectivity index (χ3v) is 3.54. The van der Waals surface area contributed by atoms with Gasteiger partial charge in [-0.1, -0.05) is 48.6 Å². The van der Waals surface area contributed by atoms with Crippen molar-refractivity contribution >= 4 is 11.9 Å². The van der Waals surface area contributed by atoms with Gasteiger partial charge >= 0.3 is 29.0 Å². The molecule has 0 aliphatic heterocycles. The number of hydrogen-bond acceptors (Lipinski definition) is 6. The van der Waals surface area contributed by atoms with E-state index in [1.165, 1.54) is 14.2 Å². The van der Waals surface area contributed by atoms with Crippen molar-refractivity contribution in [2.75, 3.05) is 14.2 Å². The van der Waals surface area contributed by atoms with Gasteiger partial charge in [0.25, 0.3) is 0 Å². The zero-order valence-electron chi connectivity index (χ0n) is 15.3. The van der Waals surface area contributed by atoms with Crippen molar-refractivity contribution in [3.63, 3.8) is 0 Å². The van der Waals surface area contributed by atoms with Crippen LogP contribution in [0.15, 0.2) is 71.3 Å². The Balaban J connectivity index is 0.000000483. The Hall–Kier alpha value is -2.50. The molecule has 0 fully saturated rings. The van der Waals surface area contributed by atoms with Crippen LogP contribution in [0.1, 0.15) is 25.7 Å². The summed E-state index contributed by atoms with van der Waals surface area (Å²) in [6, 6.07) is 0. The van der Waals surface area contributed by atoms with E-state index in [9.17, 15) is 19.8 Å². The first-order valence-corrected chi connectivity index (χ1v) is 8.11. The average molecular weight is 414 g/mol. The number of allylic oxidation sites excluding steroid dienone is 12. The summed E-state index contributed by atoms with van der Waals surface area (Å²) in [5, 5.41) is 22.6. The van der Waals surface area contributed by atoms with Crippen molar-refractivity contribution in [1.82, 2.24) is 0 Å². The summed E-state index contributed by atoms with van der Waals surface area (Å²) in [7, 11) is 2.63. The van der Waals surface area contributed by atoms with Crippen LogP contribution in [0, 0.1) is 0 Å². The van der Waals surface area contributed by atoms with E-state index in [4.69, 9.17) is 0 Å². The number of carbonyl (C=O) groups excluding carboxylic acids is 2. The van der Waals surface area contributed by atoms with Crippen LogP contribution < -0.4 is 10.2 Å². The molecule has 6 nitrogen and oxygen atoms in total. The number of hydrogen-bond donors (Lipinski definition) is 0. The van der Waals surface area contributed by atoms with Gasteiger partial charge in [-0.25, -0.2) is 0 Å². The summed E-state index contributed by atoms with van der Waals surface area (Å²) < 4.78 is 8.85. The quantitative estimate of drug-likeness (QED) is 0.370. The van der Waals surface area contributed by atoms with Crippen LogP contribution in [-0.2, 0) is 36.1 Å². The van der Waals surface area contributed by atoms with Crippen molar-refractivity contribution in [2.45, 2.75) is 25.7 Å². The van der Waals surface area contributed by atoms with E-state index < -0.39 is 0 Å². The fraction of sp³-hybridized carbons (Fsp3) is 0.300. The van der Waals surface area contributed by atoms with Gasteiger partial charge in [0.15, 0.2) is 0 Å². The molecule has 0 radical (unpaired) electrons. The van der Waals surface area contributed by atoms with Gasteiger partial charge in [-0.3, -0.25) is 9.59 Å². The van der Waals surface area contributed by atoms with E-state index in [0.29, 0.717) is 11.1 Å². The second-order valence-electron chi connectivity index (χ2n) is 5.35. The van der Waals surface area contributed by atoms with E-state index in [1.807, 2.05) is 0 Å². The molecule has 0 bridgehead atoms. The molecular weight excluding hydrogens is 392 g/mol. The van der Waals surface area contributed by atoms with E-state index in [0.717, 1.165) is 0 Å². The molecule has 0 aromatic rings. The summed E-state index contributed by atoms with van der Waals surface area (Å²) in [4.78, 5) is 21.4. The Labute approximate surface area is 169 Å². The first-order valence-electron chi connectivity index (χ1n) is 8.11. The maximum Gasteiger partial charge on any atom is 2.00 e. The van der Waals surface area contributed by atoms with E-state index in [1.54, 1.807) is 48.6 Å². The Morgan fingerprint density at radius 1 is 0.704 bits per heavy atom. The molecule has 146 valence electrons. The Bertz CT molecular complexity index is 607. The Morgan fingerprint density at radius 2 is 1.00 bits per heavy atom. The minimum absolute atomic E-state index is 0. The van der Waals surface area contributed by atoms with Crippen molar-refractivity contribution < 1.29 is 46.3 Å². The van der Waals surface area contributed by atoms with Gasteiger partial charge in [0, 0.05) is 12.8 Å². The maximum absolute atomic E-state index is 11.3. The zero-order chi connectivity index (χ0) is 19.4. The van der Waals surface area contributed by atoms with Gasteiger partial charge in [0.1, 0.15) is 0 Å². The molecular formula is C20H22FeO6. The van der Waals surface area contributed by atoms with Crippen LogP contribution in [-0.4, -0.2) is 26.2 Å². The van der Waals surface area contributed by atoms with E-state index in [-0.39, 0.29) is 66.2 Å². The van der Waals surface area contributed by atoms with E-state index in [2.05, 4.69) is 9.47 Å². The average Bonchev–Trinajstić information content (AvgIpc) is 3.37. The van der Waals surface area contributed by atoms with Gasteiger partial charge in [0.05, 0.1) is 14.2 Å². The summed E-state index contributed by atoms with van der Waals surface area (Å²) in [6.07, 6.45) is 14.9. The van der Waals surface area contributed by atoms with Gasteiger partial charge in [-0.2, -0.15) is 0 Å². The molecule has 0 unspecified atom stereocenters. The monoisotopic (exact) mass is 414 g/mol. The molecule has 2 aliphatic carbocycles. The maximum atomic E-state index is 11.3. The molecule has 27 heavy (non-hydrogen) atoms. The number of methoxy groups -OCH3 is 2. The summed E-state index contributed by atoms with van der Waals surface area (Å²) >= 11 is 0. The van der Waals surface area contributed by atoms with Crippen LogP contribution in [0.2, 0.25) is 0 Å². The number of esters is 2. The van der Waals surface area contributed by atoms with Gasteiger partial charge in [-0.05, 0) is 24.0 Å². The fourth-order valence-electron chi connectivity index (χ4n) is 2.04. The third-order valence-electron chi connectivity index (χ3n) is 3.54. The molecule has 0 heterocycles. The largest absolute Gasteiger partial charge is 2.00 e. The van der Waals surface area contributed by atoms with Crippen molar-refractivity contribution in [2.24, 2.45) is 0 Å². The SMILES string of the molecule is COC(=O)CCC([O-])=C1C=CC=C1.COC(=O)CCC([O-])=C1C=CC=C1.[Fe+2]. The predicted octanol–water partition coefficient (Wildman–Crippen LogP) is 1.36. The summed E-state index contributed by atoms with van der Waals surface area (Å²) in [5.41, 5.74) is 1.31. The molecule has 0 spiro atoms. The molecule has 0 amide bonds. The summed E-state index contributed by atoms with van der Waals surface area (Å²) in [5.74, 6) is -0.731. The van der Waals surface area contributed by atoms with Crippen LogP contribution in [0.5, 0.6) is 0 Å². The van der Waals surface area contributed by atoms with Crippen LogP contribution in [0.3, 0.4) is 0 Å². The molecule has 2 aliphatic rings. The van der Waals surface area contributed by atoms with Gasteiger partial charge in [0.2, 0.25) is 0 Å². The molecule has 0 saturated carbocycles. The predicted molar refractivity (Wildman–Crippen MR) is 93.1 cm³/mol. The zero-order valence-corrected chi connectivity index (χ0v) is 16.4.